The Hall–Kier alpha value is -1.07. The molecule has 1 heterocycles. The van der Waals surface area contributed by atoms with Crippen LogP contribution in [0.15, 0.2) is 58.2 Å². The minimum absolute atomic E-state index is 0.265. The number of hydrogen-bond acceptors (Lipinski definition) is 2. The zero-order chi connectivity index (χ0) is 10.9. The maximum Gasteiger partial charge on any atom is 0.268 e. The van der Waals surface area contributed by atoms with Gasteiger partial charge in [0.25, 0.3) is 10.0 Å². The predicted molar refractivity (Wildman–Crippen MR) is 61.2 cm³/mol. The zero-order valence-electron chi connectivity index (χ0n) is 7.67. The second-order valence-electron chi connectivity index (χ2n) is 2.95. The lowest BCUT2D eigenvalue weighted by Gasteiger charge is -2.06. The van der Waals surface area contributed by atoms with E-state index in [1.165, 1.54) is 16.4 Å². The Morgan fingerprint density at radius 3 is 2.20 bits per heavy atom. The molecule has 15 heavy (non-hydrogen) atoms. The molecule has 2 rings (SSSR count). The lowest BCUT2D eigenvalue weighted by Crippen LogP contribution is -2.11. The van der Waals surface area contributed by atoms with Crippen molar-refractivity contribution in [2.24, 2.45) is 0 Å². The first-order valence-electron chi connectivity index (χ1n) is 4.25. The summed E-state index contributed by atoms with van der Waals surface area (Å²) in [5.74, 6) is 0. The summed E-state index contributed by atoms with van der Waals surface area (Å²) in [5, 5.41) is 0. The van der Waals surface area contributed by atoms with E-state index in [2.05, 4.69) is 15.9 Å². The summed E-state index contributed by atoms with van der Waals surface area (Å²) >= 11 is 3.23. The Bertz CT molecular complexity index is 561. The molecule has 1 aromatic heterocycles. The Balaban J connectivity index is 2.62. The molecule has 0 fully saturated rings. The fourth-order valence-corrected chi connectivity index (χ4v) is 3.40. The standard InChI is InChI=1S/C10H8BrNO2S/c11-9-5-1-2-6-10(9)15(13,14)12-7-3-4-8-12/h1-8H. The van der Waals surface area contributed by atoms with Crippen LogP contribution in [0.5, 0.6) is 0 Å². The van der Waals surface area contributed by atoms with Crippen molar-refractivity contribution in [3.63, 3.8) is 0 Å². The van der Waals surface area contributed by atoms with Gasteiger partial charge in [-0.2, -0.15) is 0 Å². The smallest absolute Gasteiger partial charge is 0.249 e. The third-order valence-electron chi connectivity index (χ3n) is 1.97. The maximum absolute atomic E-state index is 12.0. The van der Waals surface area contributed by atoms with Crippen LogP contribution in [0.2, 0.25) is 0 Å². The number of benzene rings is 1. The average molecular weight is 286 g/mol. The summed E-state index contributed by atoms with van der Waals surface area (Å²) < 4.78 is 25.9. The average Bonchev–Trinajstić information content (AvgIpc) is 2.71. The van der Waals surface area contributed by atoms with Crippen LogP contribution in [0.4, 0.5) is 0 Å². The third kappa shape index (κ3) is 1.85. The molecule has 0 spiro atoms. The molecule has 0 N–H and O–H groups in total. The largest absolute Gasteiger partial charge is 0.268 e. The summed E-state index contributed by atoms with van der Waals surface area (Å²) in [6, 6.07) is 10.1. The Morgan fingerprint density at radius 2 is 1.60 bits per heavy atom. The van der Waals surface area contributed by atoms with Gasteiger partial charge < -0.3 is 0 Å². The topological polar surface area (TPSA) is 39.1 Å². The van der Waals surface area contributed by atoms with Gasteiger partial charge in [0.05, 0.1) is 0 Å². The van der Waals surface area contributed by atoms with Gasteiger partial charge in [-0.15, -0.1) is 0 Å². The van der Waals surface area contributed by atoms with Crippen molar-refractivity contribution < 1.29 is 8.42 Å². The Labute approximate surface area is 96.5 Å². The summed E-state index contributed by atoms with van der Waals surface area (Å²) in [4.78, 5) is 0.265. The summed E-state index contributed by atoms with van der Waals surface area (Å²) in [5.41, 5.74) is 0. The first-order valence-corrected chi connectivity index (χ1v) is 6.49. The molecule has 0 aliphatic rings. The lowest BCUT2D eigenvalue weighted by atomic mass is 10.4. The second-order valence-corrected chi connectivity index (χ2v) is 5.61. The van der Waals surface area contributed by atoms with Gasteiger partial charge in [-0.3, -0.25) is 0 Å². The Kier molecular flexibility index (Phi) is 2.67. The monoisotopic (exact) mass is 285 g/mol. The Morgan fingerprint density at radius 1 is 1.00 bits per heavy atom. The van der Waals surface area contributed by atoms with Crippen LogP contribution in [0.25, 0.3) is 0 Å². The molecule has 0 aliphatic heterocycles. The highest BCUT2D eigenvalue weighted by Crippen LogP contribution is 2.23. The van der Waals surface area contributed by atoms with E-state index in [0.717, 1.165) is 0 Å². The van der Waals surface area contributed by atoms with E-state index in [9.17, 15) is 8.42 Å². The van der Waals surface area contributed by atoms with E-state index in [4.69, 9.17) is 0 Å². The fraction of sp³-hybridized carbons (Fsp3) is 0. The van der Waals surface area contributed by atoms with Crippen molar-refractivity contribution in [3.8, 4) is 0 Å². The van der Waals surface area contributed by atoms with Crippen LogP contribution >= 0.6 is 15.9 Å². The van der Waals surface area contributed by atoms with E-state index in [-0.39, 0.29) is 4.90 Å². The quantitative estimate of drug-likeness (QED) is 0.850. The molecule has 5 heteroatoms. The third-order valence-corrected chi connectivity index (χ3v) is 4.63. The molecular formula is C10H8BrNO2S. The van der Waals surface area contributed by atoms with Crippen LogP contribution in [0, 0.1) is 0 Å². The highest BCUT2D eigenvalue weighted by atomic mass is 79.9. The molecular weight excluding hydrogens is 278 g/mol. The van der Waals surface area contributed by atoms with E-state index < -0.39 is 10.0 Å². The summed E-state index contributed by atoms with van der Waals surface area (Å²) in [7, 11) is -3.46. The van der Waals surface area contributed by atoms with Gasteiger partial charge in [0.2, 0.25) is 0 Å². The molecule has 1 aromatic carbocycles. The zero-order valence-corrected chi connectivity index (χ0v) is 10.1. The van der Waals surface area contributed by atoms with E-state index in [1.807, 2.05) is 0 Å². The first kappa shape index (κ1) is 10.4. The maximum atomic E-state index is 12.0. The molecule has 2 aromatic rings. The number of nitrogens with zero attached hydrogens (tertiary/aromatic N) is 1. The highest BCUT2D eigenvalue weighted by molar-refractivity contribution is 9.10. The molecule has 0 bridgehead atoms. The van der Waals surface area contributed by atoms with Gasteiger partial charge in [0, 0.05) is 16.9 Å². The second kappa shape index (κ2) is 3.83. The molecule has 0 atom stereocenters. The number of aromatic nitrogens is 1. The predicted octanol–water partition coefficient (Wildman–Crippen LogP) is 2.49. The minimum atomic E-state index is -3.46. The molecule has 0 amide bonds. The normalized spacial score (nSPS) is 11.5. The molecule has 0 unspecified atom stereocenters. The summed E-state index contributed by atoms with van der Waals surface area (Å²) in [6.07, 6.45) is 3.02. The van der Waals surface area contributed by atoms with Crippen LogP contribution in [0.1, 0.15) is 0 Å². The summed E-state index contributed by atoms with van der Waals surface area (Å²) in [6.45, 7) is 0. The van der Waals surface area contributed by atoms with Gasteiger partial charge in [-0.1, -0.05) is 12.1 Å². The molecule has 0 saturated carbocycles. The van der Waals surface area contributed by atoms with E-state index >= 15 is 0 Å². The molecule has 78 valence electrons. The van der Waals surface area contributed by atoms with Gasteiger partial charge >= 0.3 is 0 Å². The molecule has 0 aliphatic carbocycles. The molecule has 0 radical (unpaired) electrons. The molecule has 0 saturated heterocycles. The van der Waals surface area contributed by atoms with E-state index in [1.54, 1.807) is 36.4 Å². The highest BCUT2D eigenvalue weighted by Gasteiger charge is 2.17. The number of rotatable bonds is 2. The molecule has 3 nitrogen and oxygen atoms in total. The number of halogens is 1. The SMILES string of the molecule is O=S(=O)(c1ccccc1Br)n1cccc1. The van der Waals surface area contributed by atoms with Crippen LogP contribution in [0.3, 0.4) is 0 Å². The first-order chi connectivity index (χ1) is 7.12. The van der Waals surface area contributed by atoms with Crippen molar-refractivity contribution in [3.05, 3.63) is 53.3 Å². The van der Waals surface area contributed by atoms with Crippen molar-refractivity contribution in [1.82, 2.24) is 3.97 Å². The van der Waals surface area contributed by atoms with Crippen molar-refractivity contribution in [1.29, 1.82) is 0 Å². The van der Waals surface area contributed by atoms with Crippen LogP contribution < -0.4 is 0 Å². The lowest BCUT2D eigenvalue weighted by molar-refractivity contribution is 0.587. The van der Waals surface area contributed by atoms with Crippen molar-refractivity contribution >= 4 is 26.0 Å². The van der Waals surface area contributed by atoms with E-state index in [0.29, 0.717) is 4.47 Å². The van der Waals surface area contributed by atoms with Crippen molar-refractivity contribution in [2.45, 2.75) is 4.90 Å². The van der Waals surface area contributed by atoms with Crippen LogP contribution in [-0.2, 0) is 10.0 Å². The van der Waals surface area contributed by atoms with Gasteiger partial charge in [-0.05, 0) is 40.2 Å². The van der Waals surface area contributed by atoms with Gasteiger partial charge in [0.1, 0.15) is 4.90 Å². The number of hydrogen-bond donors (Lipinski definition) is 0. The van der Waals surface area contributed by atoms with Gasteiger partial charge in [-0.25, -0.2) is 12.4 Å². The van der Waals surface area contributed by atoms with Crippen LogP contribution in [-0.4, -0.2) is 12.4 Å². The van der Waals surface area contributed by atoms with Gasteiger partial charge in [0.15, 0.2) is 0 Å². The fourth-order valence-electron chi connectivity index (χ4n) is 1.25. The minimum Gasteiger partial charge on any atom is -0.249 e. The van der Waals surface area contributed by atoms with Crippen molar-refractivity contribution in [2.75, 3.05) is 0 Å².